The molecule has 2 heterocycles. The maximum absolute atomic E-state index is 12.4. The summed E-state index contributed by atoms with van der Waals surface area (Å²) in [5.74, 6) is -0.890. The summed E-state index contributed by atoms with van der Waals surface area (Å²) in [4.78, 5) is 26.9. The lowest BCUT2D eigenvalue weighted by atomic mass is 9.87. The van der Waals surface area contributed by atoms with Crippen LogP contribution in [0.2, 0.25) is 0 Å². The Kier molecular flexibility index (Phi) is 4.43. The van der Waals surface area contributed by atoms with Crippen LogP contribution in [0.4, 0.5) is 8.78 Å². The Balaban J connectivity index is 2.08. The second-order valence-electron chi connectivity index (χ2n) is 5.58. The number of pyridine rings is 1. The van der Waals surface area contributed by atoms with E-state index in [4.69, 9.17) is 9.47 Å². The van der Waals surface area contributed by atoms with E-state index in [1.165, 1.54) is 25.3 Å². The summed E-state index contributed by atoms with van der Waals surface area (Å²) in [5.41, 5.74) is 1.08. The van der Waals surface area contributed by atoms with Gasteiger partial charge in [0.25, 0.3) is 5.56 Å². The molecule has 1 aromatic carbocycles. The summed E-state index contributed by atoms with van der Waals surface area (Å²) in [6.45, 7) is -1.31. The summed E-state index contributed by atoms with van der Waals surface area (Å²) in [5, 5.41) is 0. The van der Waals surface area contributed by atoms with E-state index in [1.54, 1.807) is 13.0 Å². The normalized spacial score (nSPS) is 16.4. The summed E-state index contributed by atoms with van der Waals surface area (Å²) in [6.07, 6.45) is -0.0443. The number of methoxy groups -OCH3 is 1. The van der Waals surface area contributed by atoms with Crippen molar-refractivity contribution < 1.29 is 27.8 Å². The standard InChI is InChI=1S/C17H15F2NO5/c1-8-5-13-15(16(22)20-8)10(7-14(21)24-13)9-3-4-11(25-17(18)19)12(6-9)23-2/h3-6,10,17H,7H2,1-2H3,(H,20,22)/t10-/m1/s1. The first-order chi connectivity index (χ1) is 11.9. The molecule has 0 aliphatic carbocycles. The van der Waals surface area contributed by atoms with Crippen LogP contribution in [0.1, 0.15) is 29.2 Å². The largest absolute Gasteiger partial charge is 0.493 e. The van der Waals surface area contributed by atoms with Gasteiger partial charge in [0, 0.05) is 17.7 Å². The van der Waals surface area contributed by atoms with E-state index in [0.717, 1.165) is 0 Å². The second-order valence-corrected chi connectivity index (χ2v) is 5.58. The number of ether oxygens (including phenoxy) is 3. The fourth-order valence-corrected chi connectivity index (χ4v) is 2.90. The highest BCUT2D eigenvalue weighted by atomic mass is 19.3. The van der Waals surface area contributed by atoms with Gasteiger partial charge < -0.3 is 19.2 Å². The summed E-state index contributed by atoms with van der Waals surface area (Å²) >= 11 is 0. The molecule has 6 nitrogen and oxygen atoms in total. The van der Waals surface area contributed by atoms with Gasteiger partial charge in [-0.15, -0.1) is 0 Å². The molecule has 132 valence electrons. The van der Waals surface area contributed by atoms with Crippen LogP contribution in [-0.2, 0) is 4.79 Å². The molecule has 0 radical (unpaired) electrons. The minimum absolute atomic E-state index is 0.0443. The van der Waals surface area contributed by atoms with Gasteiger partial charge in [0.1, 0.15) is 5.75 Å². The van der Waals surface area contributed by atoms with Gasteiger partial charge in [-0.1, -0.05) is 6.07 Å². The Morgan fingerprint density at radius 1 is 1.24 bits per heavy atom. The number of aromatic nitrogens is 1. The molecule has 1 aromatic heterocycles. The van der Waals surface area contributed by atoms with Crippen molar-refractivity contribution in [3.63, 3.8) is 0 Å². The molecule has 1 atom stereocenters. The smallest absolute Gasteiger partial charge is 0.387 e. The third-order valence-electron chi connectivity index (χ3n) is 3.92. The molecule has 0 spiro atoms. The molecule has 25 heavy (non-hydrogen) atoms. The Morgan fingerprint density at radius 2 is 2.00 bits per heavy atom. The first kappa shape index (κ1) is 16.9. The van der Waals surface area contributed by atoms with Crippen molar-refractivity contribution in [1.82, 2.24) is 4.98 Å². The maximum atomic E-state index is 12.4. The number of alkyl halides is 2. The molecule has 1 aliphatic heterocycles. The van der Waals surface area contributed by atoms with Crippen molar-refractivity contribution >= 4 is 5.97 Å². The molecule has 2 aromatic rings. The fraction of sp³-hybridized carbons (Fsp3) is 0.294. The predicted octanol–water partition coefficient (Wildman–Crippen LogP) is 2.73. The highest BCUT2D eigenvalue weighted by Gasteiger charge is 2.32. The third-order valence-corrected chi connectivity index (χ3v) is 3.92. The van der Waals surface area contributed by atoms with Crippen LogP contribution in [0, 0.1) is 6.92 Å². The first-order valence-electron chi connectivity index (χ1n) is 7.46. The fourth-order valence-electron chi connectivity index (χ4n) is 2.90. The van der Waals surface area contributed by atoms with Crippen LogP contribution in [0.5, 0.6) is 17.2 Å². The lowest BCUT2D eigenvalue weighted by molar-refractivity contribution is -0.135. The number of aryl methyl sites for hydroxylation is 1. The van der Waals surface area contributed by atoms with Gasteiger partial charge in [0.2, 0.25) is 0 Å². The lowest BCUT2D eigenvalue weighted by Gasteiger charge is -2.24. The average molecular weight is 351 g/mol. The van der Waals surface area contributed by atoms with Crippen LogP contribution < -0.4 is 19.8 Å². The van der Waals surface area contributed by atoms with Crippen LogP contribution in [0.25, 0.3) is 0 Å². The molecule has 0 unspecified atom stereocenters. The molecular formula is C17H15F2NO5. The van der Waals surface area contributed by atoms with Crippen molar-refractivity contribution in [2.45, 2.75) is 25.9 Å². The van der Waals surface area contributed by atoms with Crippen molar-refractivity contribution in [1.29, 1.82) is 0 Å². The van der Waals surface area contributed by atoms with Gasteiger partial charge in [0.05, 0.1) is 19.1 Å². The number of carbonyl (C=O) groups excluding carboxylic acids is 1. The molecule has 1 aliphatic rings. The Bertz CT molecular complexity index is 878. The van der Waals surface area contributed by atoms with Crippen molar-refractivity contribution in [3.05, 3.63) is 51.4 Å². The van der Waals surface area contributed by atoms with Crippen LogP contribution >= 0.6 is 0 Å². The maximum Gasteiger partial charge on any atom is 0.387 e. The van der Waals surface area contributed by atoms with E-state index in [1.807, 2.05) is 0 Å². The molecule has 1 N–H and O–H groups in total. The monoisotopic (exact) mass is 351 g/mol. The number of hydrogen-bond donors (Lipinski definition) is 1. The number of rotatable bonds is 4. The Hall–Kier alpha value is -2.90. The predicted molar refractivity (Wildman–Crippen MR) is 83.5 cm³/mol. The number of hydrogen-bond acceptors (Lipinski definition) is 5. The summed E-state index contributed by atoms with van der Waals surface area (Å²) < 4.78 is 39.5. The van der Waals surface area contributed by atoms with E-state index in [2.05, 4.69) is 9.72 Å². The molecule has 0 saturated heterocycles. The third kappa shape index (κ3) is 3.33. The number of nitrogens with one attached hydrogen (secondary N) is 1. The first-order valence-corrected chi connectivity index (χ1v) is 7.46. The van der Waals surface area contributed by atoms with Crippen LogP contribution in [-0.4, -0.2) is 24.7 Å². The molecule has 0 fully saturated rings. The molecule has 0 amide bonds. The number of benzene rings is 1. The number of aromatic amines is 1. The quantitative estimate of drug-likeness (QED) is 0.857. The van der Waals surface area contributed by atoms with E-state index in [0.29, 0.717) is 16.8 Å². The topological polar surface area (TPSA) is 77.6 Å². The van der Waals surface area contributed by atoms with Gasteiger partial charge in [0.15, 0.2) is 11.5 Å². The highest BCUT2D eigenvalue weighted by Crippen LogP contribution is 2.39. The number of esters is 1. The van der Waals surface area contributed by atoms with Crippen LogP contribution in [0.15, 0.2) is 29.1 Å². The van der Waals surface area contributed by atoms with E-state index in [9.17, 15) is 18.4 Å². The van der Waals surface area contributed by atoms with Gasteiger partial charge in [-0.2, -0.15) is 8.78 Å². The van der Waals surface area contributed by atoms with Gasteiger partial charge in [-0.3, -0.25) is 9.59 Å². The van der Waals surface area contributed by atoms with E-state index < -0.39 is 18.5 Å². The van der Waals surface area contributed by atoms with E-state index >= 15 is 0 Å². The zero-order valence-electron chi connectivity index (χ0n) is 13.5. The van der Waals surface area contributed by atoms with Crippen molar-refractivity contribution in [3.8, 4) is 17.2 Å². The average Bonchev–Trinajstić information content (AvgIpc) is 2.53. The molecule has 8 heteroatoms. The molecular weight excluding hydrogens is 336 g/mol. The Labute approximate surface area is 141 Å². The minimum Gasteiger partial charge on any atom is -0.493 e. The number of halogens is 2. The van der Waals surface area contributed by atoms with Crippen molar-refractivity contribution in [2.75, 3.05) is 7.11 Å². The van der Waals surface area contributed by atoms with Crippen LogP contribution in [0.3, 0.4) is 0 Å². The Morgan fingerprint density at radius 3 is 2.68 bits per heavy atom. The number of fused-ring (bicyclic) bond motifs is 1. The van der Waals surface area contributed by atoms with Gasteiger partial charge >= 0.3 is 12.6 Å². The zero-order valence-corrected chi connectivity index (χ0v) is 13.5. The second kappa shape index (κ2) is 6.54. The molecule has 3 rings (SSSR count). The lowest BCUT2D eigenvalue weighted by Crippen LogP contribution is -2.28. The summed E-state index contributed by atoms with van der Waals surface area (Å²) in [7, 11) is 1.32. The number of H-pyrrole nitrogens is 1. The highest BCUT2D eigenvalue weighted by molar-refractivity contribution is 5.77. The van der Waals surface area contributed by atoms with Gasteiger partial charge in [-0.05, 0) is 24.6 Å². The summed E-state index contributed by atoms with van der Waals surface area (Å²) in [6, 6.07) is 5.89. The SMILES string of the molecule is COc1cc([C@H]2CC(=O)Oc3cc(C)[nH]c(=O)c32)ccc1OC(F)F. The molecule has 0 bridgehead atoms. The van der Waals surface area contributed by atoms with Gasteiger partial charge in [-0.25, -0.2) is 0 Å². The molecule has 0 saturated carbocycles. The number of carbonyl (C=O) groups is 1. The van der Waals surface area contributed by atoms with Crippen molar-refractivity contribution in [2.24, 2.45) is 0 Å². The zero-order chi connectivity index (χ0) is 18.1. The minimum atomic E-state index is -2.99. The van der Waals surface area contributed by atoms with E-state index in [-0.39, 0.29) is 29.2 Å².